The molecule has 2 aliphatic carbocycles. The largest absolute Gasteiger partial charge is 0.385 e. The van der Waals surface area contributed by atoms with Gasteiger partial charge in [-0.2, -0.15) is 5.10 Å². The highest BCUT2D eigenvalue weighted by Crippen LogP contribution is 2.60. The maximum atomic E-state index is 12.5. The molecule has 1 aromatic heterocycles. The van der Waals surface area contributed by atoms with E-state index in [0.717, 1.165) is 16.5 Å². The lowest BCUT2D eigenvalue weighted by atomic mass is 9.86. The Morgan fingerprint density at radius 2 is 2.11 bits per heavy atom. The molecule has 4 atom stereocenters. The first kappa shape index (κ1) is 17.3. The second-order valence-electron chi connectivity index (χ2n) is 7.78. The van der Waals surface area contributed by atoms with Crippen LogP contribution in [0.2, 0.25) is 5.02 Å². The van der Waals surface area contributed by atoms with Gasteiger partial charge >= 0.3 is 0 Å². The number of hydrogen-bond acceptors (Lipinski definition) is 3. The van der Waals surface area contributed by atoms with Crippen molar-refractivity contribution in [2.24, 2.45) is 11.8 Å². The minimum atomic E-state index is -0.951. The van der Waals surface area contributed by atoms with Gasteiger partial charge in [0.05, 0.1) is 17.3 Å². The van der Waals surface area contributed by atoms with Crippen LogP contribution in [0.1, 0.15) is 34.3 Å². The third kappa shape index (κ3) is 2.69. The number of terminal acetylenes is 1. The Kier molecular flexibility index (Phi) is 3.77. The number of carbonyl (C=O) groups is 1. The van der Waals surface area contributed by atoms with Crippen LogP contribution in [-0.4, -0.2) is 27.3 Å². The molecule has 1 amide bonds. The van der Waals surface area contributed by atoms with Crippen molar-refractivity contribution in [1.29, 1.82) is 0 Å². The summed E-state index contributed by atoms with van der Waals surface area (Å²) in [5, 5.41) is 22.8. The molecule has 2 aliphatic rings. The summed E-state index contributed by atoms with van der Waals surface area (Å²) >= 11 is 6.23. The van der Waals surface area contributed by atoms with Crippen molar-refractivity contribution in [3.63, 3.8) is 0 Å². The lowest BCUT2D eigenvalue weighted by Gasteiger charge is -2.27. The van der Waals surface area contributed by atoms with Crippen molar-refractivity contribution in [3.8, 4) is 12.3 Å². The average molecular weight is 392 g/mol. The minimum Gasteiger partial charge on any atom is -0.385 e. The van der Waals surface area contributed by atoms with Gasteiger partial charge in [0.15, 0.2) is 0 Å². The minimum absolute atomic E-state index is 0.0845. The van der Waals surface area contributed by atoms with Gasteiger partial charge in [0.25, 0.3) is 5.91 Å². The number of halogens is 1. The molecule has 2 fully saturated rings. The lowest BCUT2D eigenvalue weighted by Crippen LogP contribution is -2.33. The number of H-pyrrole nitrogens is 1. The van der Waals surface area contributed by atoms with Crippen molar-refractivity contribution in [2.45, 2.75) is 24.5 Å². The first-order valence-corrected chi connectivity index (χ1v) is 9.59. The number of aromatic amines is 1. The van der Waals surface area contributed by atoms with E-state index in [2.05, 4.69) is 21.4 Å². The molecule has 1 heterocycles. The van der Waals surface area contributed by atoms with Crippen molar-refractivity contribution in [1.82, 2.24) is 15.5 Å². The molecule has 5 rings (SSSR count). The predicted molar refractivity (Wildman–Crippen MR) is 107 cm³/mol. The van der Waals surface area contributed by atoms with Crippen molar-refractivity contribution in [3.05, 3.63) is 64.3 Å². The first-order chi connectivity index (χ1) is 13.5. The fourth-order valence-corrected chi connectivity index (χ4v) is 4.90. The standard InChI is InChI=1S/C22H18ClN3O2/c1-2-12-4-3-5-13(6-12)21(27)25-20-15-9-22(28,10-16(15)20)18-7-14(23)8-19-17(18)11-24-26-19/h1,3-8,11,15-16,20,28H,9-10H2,(H,24,26)(H,25,27)/t15-,16+,20+,22+. The van der Waals surface area contributed by atoms with Crippen molar-refractivity contribution < 1.29 is 9.90 Å². The summed E-state index contributed by atoms with van der Waals surface area (Å²) in [5.41, 5.74) is 1.92. The van der Waals surface area contributed by atoms with Crippen LogP contribution in [-0.2, 0) is 5.60 Å². The number of benzene rings is 2. The van der Waals surface area contributed by atoms with Crippen LogP contribution >= 0.6 is 11.6 Å². The second-order valence-corrected chi connectivity index (χ2v) is 8.21. The highest BCUT2D eigenvalue weighted by Gasteiger charge is 2.62. The quantitative estimate of drug-likeness (QED) is 0.600. The van der Waals surface area contributed by atoms with Gasteiger partial charge in [-0.1, -0.05) is 23.6 Å². The van der Waals surface area contributed by atoms with Gasteiger partial charge in [-0.05, 0) is 60.6 Å². The predicted octanol–water partition coefficient (Wildman–Crippen LogP) is 3.22. The van der Waals surface area contributed by atoms with Gasteiger partial charge in [-0.15, -0.1) is 6.42 Å². The Labute approximate surface area is 167 Å². The van der Waals surface area contributed by atoms with E-state index >= 15 is 0 Å². The molecule has 0 saturated heterocycles. The number of nitrogens with one attached hydrogen (secondary N) is 2. The van der Waals surface area contributed by atoms with Gasteiger partial charge in [0.1, 0.15) is 0 Å². The number of nitrogens with zero attached hydrogens (tertiary/aromatic N) is 1. The van der Waals surface area contributed by atoms with Crippen molar-refractivity contribution in [2.75, 3.05) is 0 Å². The lowest BCUT2D eigenvalue weighted by molar-refractivity contribution is 0.0293. The van der Waals surface area contributed by atoms with E-state index in [9.17, 15) is 9.90 Å². The molecule has 140 valence electrons. The Morgan fingerprint density at radius 1 is 1.32 bits per heavy atom. The molecule has 0 radical (unpaired) electrons. The Morgan fingerprint density at radius 3 is 2.86 bits per heavy atom. The zero-order valence-electron chi connectivity index (χ0n) is 14.9. The molecule has 0 aliphatic heterocycles. The van der Waals surface area contributed by atoms with E-state index in [1.54, 1.807) is 36.5 Å². The highest BCUT2D eigenvalue weighted by molar-refractivity contribution is 6.31. The molecule has 0 bridgehead atoms. The monoisotopic (exact) mass is 391 g/mol. The summed E-state index contributed by atoms with van der Waals surface area (Å²) in [4.78, 5) is 12.5. The van der Waals surface area contributed by atoms with E-state index in [1.807, 2.05) is 6.07 Å². The number of carbonyl (C=O) groups excluding carboxylic acids is 1. The van der Waals surface area contributed by atoms with Gasteiger partial charge in [0, 0.05) is 27.6 Å². The molecule has 5 nitrogen and oxygen atoms in total. The van der Waals surface area contributed by atoms with E-state index < -0.39 is 5.60 Å². The van der Waals surface area contributed by atoms with Crippen LogP contribution in [0.25, 0.3) is 10.9 Å². The smallest absolute Gasteiger partial charge is 0.251 e. The van der Waals surface area contributed by atoms with Crippen LogP contribution in [0, 0.1) is 24.2 Å². The number of rotatable bonds is 3. The summed E-state index contributed by atoms with van der Waals surface area (Å²) < 4.78 is 0. The van der Waals surface area contributed by atoms with E-state index in [-0.39, 0.29) is 23.8 Å². The van der Waals surface area contributed by atoms with Crippen LogP contribution < -0.4 is 5.32 Å². The topological polar surface area (TPSA) is 78.0 Å². The van der Waals surface area contributed by atoms with Gasteiger partial charge in [-0.25, -0.2) is 0 Å². The third-order valence-corrected chi connectivity index (χ3v) is 6.31. The summed E-state index contributed by atoms with van der Waals surface area (Å²) in [6.45, 7) is 0. The molecule has 28 heavy (non-hydrogen) atoms. The summed E-state index contributed by atoms with van der Waals surface area (Å²) in [6.07, 6.45) is 8.31. The van der Waals surface area contributed by atoms with E-state index in [0.29, 0.717) is 29.0 Å². The van der Waals surface area contributed by atoms with Crippen LogP contribution in [0.15, 0.2) is 42.6 Å². The third-order valence-electron chi connectivity index (χ3n) is 6.09. The van der Waals surface area contributed by atoms with Crippen molar-refractivity contribution >= 4 is 28.4 Å². The van der Waals surface area contributed by atoms with Crippen LogP contribution in [0.3, 0.4) is 0 Å². The summed E-state index contributed by atoms with van der Waals surface area (Å²) in [5.74, 6) is 2.93. The first-order valence-electron chi connectivity index (χ1n) is 9.21. The zero-order chi connectivity index (χ0) is 19.5. The fraction of sp³-hybridized carbons (Fsp3) is 0.273. The maximum Gasteiger partial charge on any atom is 0.251 e. The SMILES string of the molecule is C#Cc1cccc(C(=O)N[C@H]2[C@@H]3C[C@@](O)(c4cc(Cl)cc5[nH]ncc45)C[C@@H]32)c1. The average Bonchev–Trinajstić information content (AvgIpc) is 3.06. The van der Waals surface area contributed by atoms with Gasteiger partial charge in [-0.3, -0.25) is 9.89 Å². The molecule has 0 spiro atoms. The number of amides is 1. The number of aliphatic hydroxyl groups is 1. The van der Waals surface area contributed by atoms with Gasteiger partial charge in [0.2, 0.25) is 0 Å². The molecule has 2 saturated carbocycles. The number of aromatic nitrogens is 2. The second kappa shape index (κ2) is 6.10. The molecule has 3 aromatic rings. The Hall–Kier alpha value is -2.81. The van der Waals surface area contributed by atoms with Crippen LogP contribution in [0.5, 0.6) is 0 Å². The van der Waals surface area contributed by atoms with Crippen LogP contribution in [0.4, 0.5) is 0 Å². The molecular weight excluding hydrogens is 374 g/mol. The Bertz CT molecular complexity index is 1130. The zero-order valence-corrected chi connectivity index (χ0v) is 15.7. The summed E-state index contributed by atoms with van der Waals surface area (Å²) in [6, 6.07) is 10.8. The molecule has 6 heteroatoms. The van der Waals surface area contributed by atoms with Gasteiger partial charge < -0.3 is 10.4 Å². The fourth-order valence-electron chi connectivity index (χ4n) is 4.68. The molecule has 2 aromatic carbocycles. The Balaban J connectivity index is 1.32. The van der Waals surface area contributed by atoms with E-state index in [4.69, 9.17) is 18.0 Å². The van der Waals surface area contributed by atoms with E-state index in [1.165, 1.54) is 0 Å². The maximum absolute atomic E-state index is 12.5. The number of fused-ring (bicyclic) bond motifs is 2. The molecule has 0 unspecified atom stereocenters. The molecule has 3 N–H and O–H groups in total. The highest BCUT2D eigenvalue weighted by atomic mass is 35.5. The normalized spacial score (nSPS) is 28.0. The summed E-state index contributed by atoms with van der Waals surface area (Å²) in [7, 11) is 0. The number of hydrogen-bond donors (Lipinski definition) is 3. The molecular formula is C22H18ClN3O2.